The molecule has 3 rings (SSSR count). The molecule has 1 fully saturated rings. The second-order valence-corrected chi connectivity index (χ2v) is 5.23. The van der Waals surface area contributed by atoms with E-state index in [-0.39, 0.29) is 5.69 Å². The number of hydrogen-bond donors (Lipinski definition) is 0. The molecule has 2 aromatic heterocycles. The van der Waals surface area contributed by atoms with Gasteiger partial charge in [0.05, 0.1) is 5.02 Å². The minimum Gasteiger partial charge on any atom is -0.356 e. The Balaban J connectivity index is 1.79. The maximum atomic E-state index is 8.99. The largest absolute Gasteiger partial charge is 0.356 e. The predicted molar refractivity (Wildman–Crippen MR) is 77.8 cm³/mol. The minimum atomic E-state index is 0.288. The molecule has 1 unspecified atom stereocenters. The fraction of sp³-hybridized carbons (Fsp3) is 0.267. The van der Waals surface area contributed by atoms with E-state index in [0.29, 0.717) is 10.9 Å². The van der Waals surface area contributed by atoms with Crippen LogP contribution < -0.4 is 4.90 Å². The number of nitrogens with zero attached hydrogens (tertiary/aromatic N) is 4. The zero-order chi connectivity index (χ0) is 13.9. The summed E-state index contributed by atoms with van der Waals surface area (Å²) < 4.78 is 0. The average Bonchev–Trinajstić information content (AvgIpc) is 2.98. The van der Waals surface area contributed by atoms with Gasteiger partial charge >= 0.3 is 0 Å². The van der Waals surface area contributed by atoms with E-state index in [0.717, 1.165) is 25.3 Å². The van der Waals surface area contributed by atoms with Gasteiger partial charge in [-0.2, -0.15) is 5.26 Å². The first kappa shape index (κ1) is 12.9. The first-order valence-electron chi connectivity index (χ1n) is 6.49. The third kappa shape index (κ3) is 2.45. The number of hydrogen-bond acceptors (Lipinski definition) is 4. The fourth-order valence-electron chi connectivity index (χ4n) is 2.56. The van der Waals surface area contributed by atoms with Crippen LogP contribution in [0.2, 0.25) is 5.02 Å². The molecule has 0 aliphatic carbocycles. The molecule has 20 heavy (non-hydrogen) atoms. The van der Waals surface area contributed by atoms with Gasteiger partial charge in [0.2, 0.25) is 0 Å². The Morgan fingerprint density at radius 1 is 1.25 bits per heavy atom. The molecule has 0 N–H and O–H groups in total. The van der Waals surface area contributed by atoms with Crippen LogP contribution in [0.5, 0.6) is 0 Å². The highest BCUT2D eigenvalue weighted by Gasteiger charge is 2.25. The monoisotopic (exact) mass is 284 g/mol. The Kier molecular flexibility index (Phi) is 3.53. The molecule has 5 heteroatoms. The Bertz CT molecular complexity index is 651. The normalized spacial score (nSPS) is 18.0. The van der Waals surface area contributed by atoms with Crippen LogP contribution in [0.1, 0.15) is 23.6 Å². The van der Waals surface area contributed by atoms with Gasteiger partial charge in [-0.25, -0.2) is 4.98 Å². The first-order valence-corrected chi connectivity index (χ1v) is 6.87. The van der Waals surface area contributed by atoms with Crippen LogP contribution in [0.15, 0.2) is 36.7 Å². The molecule has 1 saturated heterocycles. The van der Waals surface area contributed by atoms with E-state index in [1.807, 2.05) is 24.5 Å². The van der Waals surface area contributed by atoms with Gasteiger partial charge in [0.15, 0.2) is 5.69 Å². The third-order valence-corrected chi connectivity index (χ3v) is 3.93. The highest BCUT2D eigenvalue weighted by atomic mass is 35.5. The highest BCUT2D eigenvalue weighted by molar-refractivity contribution is 6.31. The van der Waals surface area contributed by atoms with Crippen LogP contribution in [0.4, 0.5) is 5.82 Å². The molecular weight excluding hydrogens is 272 g/mol. The molecule has 4 nitrogen and oxygen atoms in total. The maximum Gasteiger partial charge on any atom is 0.161 e. The van der Waals surface area contributed by atoms with Crippen LogP contribution in [0.25, 0.3) is 0 Å². The summed E-state index contributed by atoms with van der Waals surface area (Å²) in [4.78, 5) is 10.6. The maximum absolute atomic E-state index is 8.99. The number of aromatic nitrogens is 2. The van der Waals surface area contributed by atoms with Gasteiger partial charge in [-0.05, 0) is 36.2 Å². The second kappa shape index (κ2) is 5.48. The molecule has 0 aromatic carbocycles. The molecule has 0 amide bonds. The molecule has 1 atom stereocenters. The van der Waals surface area contributed by atoms with Gasteiger partial charge < -0.3 is 4.90 Å². The van der Waals surface area contributed by atoms with Gasteiger partial charge in [-0.3, -0.25) is 4.98 Å². The van der Waals surface area contributed by atoms with E-state index in [2.05, 4.69) is 27.0 Å². The van der Waals surface area contributed by atoms with Crippen molar-refractivity contribution in [2.75, 3.05) is 18.0 Å². The van der Waals surface area contributed by atoms with Crippen LogP contribution >= 0.6 is 11.6 Å². The van der Waals surface area contributed by atoms with E-state index >= 15 is 0 Å². The number of rotatable bonds is 2. The Labute approximate surface area is 122 Å². The molecule has 1 aliphatic rings. The van der Waals surface area contributed by atoms with Crippen molar-refractivity contribution in [3.05, 3.63) is 52.9 Å². The van der Waals surface area contributed by atoms with Crippen molar-refractivity contribution in [2.45, 2.75) is 12.3 Å². The van der Waals surface area contributed by atoms with Gasteiger partial charge in [0.1, 0.15) is 11.9 Å². The quantitative estimate of drug-likeness (QED) is 0.851. The lowest BCUT2D eigenvalue weighted by Crippen LogP contribution is -2.20. The molecule has 1 aliphatic heterocycles. The van der Waals surface area contributed by atoms with E-state index in [4.69, 9.17) is 16.9 Å². The SMILES string of the molecule is N#Cc1nc(N2CCC(c3ccncc3)C2)ccc1Cl. The number of anilines is 1. The van der Waals surface area contributed by atoms with Crippen LogP contribution in [0.3, 0.4) is 0 Å². The van der Waals surface area contributed by atoms with Crippen molar-refractivity contribution in [2.24, 2.45) is 0 Å². The molecule has 0 saturated carbocycles. The van der Waals surface area contributed by atoms with E-state index in [1.54, 1.807) is 6.07 Å². The summed E-state index contributed by atoms with van der Waals surface area (Å²) in [7, 11) is 0. The van der Waals surface area contributed by atoms with Crippen molar-refractivity contribution in [3.63, 3.8) is 0 Å². The summed E-state index contributed by atoms with van der Waals surface area (Å²) in [6.45, 7) is 1.84. The predicted octanol–water partition coefficient (Wildman–Crippen LogP) is 3.00. The molecule has 0 bridgehead atoms. The van der Waals surface area contributed by atoms with Crippen molar-refractivity contribution in [1.82, 2.24) is 9.97 Å². The number of nitriles is 1. The van der Waals surface area contributed by atoms with Gasteiger partial charge in [0, 0.05) is 31.4 Å². The summed E-state index contributed by atoms with van der Waals surface area (Å²) >= 11 is 5.92. The summed E-state index contributed by atoms with van der Waals surface area (Å²) in [6, 6.07) is 9.75. The number of halogens is 1. The van der Waals surface area contributed by atoms with Crippen LogP contribution in [0, 0.1) is 11.3 Å². The van der Waals surface area contributed by atoms with Gasteiger partial charge in [0.25, 0.3) is 0 Å². The van der Waals surface area contributed by atoms with Crippen molar-refractivity contribution < 1.29 is 0 Å². The van der Waals surface area contributed by atoms with Crippen LogP contribution in [-0.2, 0) is 0 Å². The lowest BCUT2D eigenvalue weighted by atomic mass is 10.00. The summed E-state index contributed by atoms with van der Waals surface area (Å²) in [5, 5.41) is 9.40. The van der Waals surface area contributed by atoms with E-state index < -0.39 is 0 Å². The van der Waals surface area contributed by atoms with Crippen molar-refractivity contribution >= 4 is 17.4 Å². The molecule has 0 spiro atoms. The second-order valence-electron chi connectivity index (χ2n) is 4.82. The summed E-state index contributed by atoms with van der Waals surface area (Å²) in [6.07, 6.45) is 4.73. The molecule has 3 heterocycles. The summed E-state index contributed by atoms with van der Waals surface area (Å²) in [5.41, 5.74) is 1.59. The third-order valence-electron chi connectivity index (χ3n) is 3.63. The lowest BCUT2D eigenvalue weighted by Gasteiger charge is -2.18. The molecule has 100 valence electrons. The average molecular weight is 285 g/mol. The molecular formula is C15H13ClN4. The zero-order valence-corrected chi connectivity index (χ0v) is 11.6. The smallest absolute Gasteiger partial charge is 0.161 e. The van der Waals surface area contributed by atoms with E-state index in [9.17, 15) is 0 Å². The minimum absolute atomic E-state index is 0.288. The summed E-state index contributed by atoms with van der Waals surface area (Å²) in [5.74, 6) is 1.31. The van der Waals surface area contributed by atoms with Crippen molar-refractivity contribution in [3.8, 4) is 6.07 Å². The Morgan fingerprint density at radius 3 is 2.80 bits per heavy atom. The Morgan fingerprint density at radius 2 is 2.05 bits per heavy atom. The standard InChI is InChI=1S/C15H13ClN4/c16-13-1-2-15(19-14(13)9-17)20-8-5-12(10-20)11-3-6-18-7-4-11/h1-4,6-7,12H,5,8,10H2. The molecule has 0 radical (unpaired) electrons. The van der Waals surface area contributed by atoms with Gasteiger partial charge in [-0.15, -0.1) is 0 Å². The topological polar surface area (TPSA) is 52.8 Å². The number of pyridine rings is 2. The first-order chi connectivity index (χ1) is 9.78. The van der Waals surface area contributed by atoms with E-state index in [1.165, 1.54) is 5.56 Å². The van der Waals surface area contributed by atoms with Crippen molar-refractivity contribution in [1.29, 1.82) is 5.26 Å². The lowest BCUT2D eigenvalue weighted by molar-refractivity contribution is 0.772. The zero-order valence-electron chi connectivity index (χ0n) is 10.8. The fourth-order valence-corrected chi connectivity index (χ4v) is 2.71. The molecule has 2 aromatic rings. The van der Waals surface area contributed by atoms with Gasteiger partial charge in [-0.1, -0.05) is 11.6 Å². The van der Waals surface area contributed by atoms with Crippen LogP contribution in [-0.4, -0.2) is 23.1 Å². The Hall–Kier alpha value is -2.12. The highest BCUT2D eigenvalue weighted by Crippen LogP contribution is 2.30.